The summed E-state index contributed by atoms with van der Waals surface area (Å²) in [6.07, 6.45) is 42.2. The first-order chi connectivity index (χ1) is 24.3. The number of esters is 2. The fourth-order valence-corrected chi connectivity index (χ4v) is 6.45. The highest BCUT2D eigenvalue weighted by Crippen LogP contribution is 2.14. The van der Waals surface area contributed by atoms with E-state index in [4.69, 9.17) is 9.47 Å². The van der Waals surface area contributed by atoms with Gasteiger partial charge < -0.3 is 36.0 Å². The summed E-state index contributed by atoms with van der Waals surface area (Å²) < 4.78 is 12.1. The van der Waals surface area contributed by atoms with Crippen molar-refractivity contribution in [1.29, 1.82) is 0 Å². The van der Waals surface area contributed by atoms with Gasteiger partial charge in [0.2, 0.25) is 0 Å². The molecule has 0 heterocycles. The van der Waals surface area contributed by atoms with Gasteiger partial charge in [-0.05, 0) is 64.2 Å². The quantitative estimate of drug-likeness (QED) is 0.0293. The smallest absolute Gasteiger partial charge is 0.306 e. The number of carbonyl (C=O) groups excluding carboxylic acids is 2. The average Bonchev–Trinajstić information content (AvgIpc) is 3.09. The molecule has 302 valence electrons. The predicted octanol–water partition coefficient (Wildman–Crippen LogP) is 8.98. The van der Waals surface area contributed by atoms with Gasteiger partial charge in [0.05, 0.1) is 20.6 Å². The Hall–Kier alpha value is -1.18. The van der Waals surface area contributed by atoms with Gasteiger partial charge in [-0.15, -0.1) is 0 Å². The Labute approximate surface area is 327 Å². The molecule has 1 unspecified atom stereocenters. The van der Waals surface area contributed by atoms with Crippen LogP contribution < -0.4 is 17.0 Å². The van der Waals surface area contributed by atoms with Crippen LogP contribution in [0.25, 0.3) is 0 Å². The number of nitrogens with zero attached hydrogens (tertiary/aromatic N) is 1. The van der Waals surface area contributed by atoms with Crippen molar-refractivity contribution < 1.29 is 45.6 Å². The fourth-order valence-electron chi connectivity index (χ4n) is 6.45. The Kier molecular flexibility index (Phi) is 40.7. The molecule has 1 atom stereocenters. The number of allylic oxidation sites excluding steroid dienone is 4. The van der Waals surface area contributed by atoms with E-state index in [-0.39, 0.29) is 42.1 Å². The Morgan fingerprint density at radius 3 is 1.33 bits per heavy atom. The normalized spacial score (nSPS) is 12.4. The predicted molar refractivity (Wildman–Crippen MR) is 213 cm³/mol. The van der Waals surface area contributed by atoms with Crippen LogP contribution in [0.15, 0.2) is 24.3 Å². The zero-order valence-corrected chi connectivity index (χ0v) is 35.7. The van der Waals surface area contributed by atoms with Gasteiger partial charge in [-0.25, -0.2) is 0 Å². The lowest BCUT2D eigenvalue weighted by Crippen LogP contribution is -3.00. The first kappa shape index (κ1) is 51.9. The maximum absolute atomic E-state index is 12.7. The van der Waals surface area contributed by atoms with Crippen LogP contribution in [0.5, 0.6) is 0 Å². The van der Waals surface area contributed by atoms with E-state index in [1.54, 1.807) is 0 Å². The Bertz CT molecular complexity index is 815. The Balaban J connectivity index is 0. The van der Waals surface area contributed by atoms with E-state index in [0.717, 1.165) is 57.9 Å². The number of aliphatic hydroxyl groups excluding tert-OH is 1. The highest BCUT2D eigenvalue weighted by Gasteiger charge is 2.26. The number of hydrogen-bond acceptors (Lipinski definition) is 5. The molecule has 0 saturated heterocycles. The summed E-state index contributed by atoms with van der Waals surface area (Å²) in [4.78, 5) is 25.3. The molecule has 0 aliphatic heterocycles. The minimum absolute atomic E-state index is 0. The highest BCUT2D eigenvalue weighted by molar-refractivity contribution is 5.70. The number of unbranched alkanes of at least 4 members (excludes halogenated alkanes) is 22. The first-order valence-electron chi connectivity index (χ1n) is 21.4. The molecule has 0 fully saturated rings. The maximum Gasteiger partial charge on any atom is 0.306 e. The van der Waals surface area contributed by atoms with Crippen LogP contribution in [0, 0.1) is 0 Å². The van der Waals surface area contributed by atoms with Gasteiger partial charge >= 0.3 is 11.9 Å². The van der Waals surface area contributed by atoms with Crippen molar-refractivity contribution in [2.45, 2.75) is 206 Å². The third-order valence-electron chi connectivity index (χ3n) is 9.63. The number of ether oxygens (including phenoxy) is 2. The molecule has 0 amide bonds. The maximum atomic E-state index is 12.7. The summed E-state index contributed by atoms with van der Waals surface area (Å²) in [5.41, 5.74) is 0. The van der Waals surface area contributed by atoms with E-state index in [1.165, 1.54) is 116 Å². The summed E-state index contributed by atoms with van der Waals surface area (Å²) in [6, 6.07) is 0. The highest BCUT2D eigenvalue weighted by atomic mass is 79.9. The van der Waals surface area contributed by atoms with Crippen molar-refractivity contribution >= 4 is 11.9 Å². The second kappa shape index (κ2) is 40.0. The van der Waals surface area contributed by atoms with Crippen molar-refractivity contribution in [3.05, 3.63) is 24.3 Å². The Morgan fingerprint density at radius 2 is 0.922 bits per heavy atom. The molecule has 0 rings (SSSR count). The lowest BCUT2D eigenvalue weighted by Gasteiger charge is -2.33. The van der Waals surface area contributed by atoms with Crippen LogP contribution in [0.1, 0.15) is 200 Å². The number of halogens is 1. The van der Waals surface area contributed by atoms with Gasteiger partial charge in [-0.2, -0.15) is 0 Å². The lowest BCUT2D eigenvalue weighted by molar-refractivity contribution is -0.893. The van der Waals surface area contributed by atoms with Crippen LogP contribution >= 0.6 is 0 Å². The van der Waals surface area contributed by atoms with Crippen LogP contribution in [0.2, 0.25) is 0 Å². The molecule has 0 spiro atoms. The minimum atomic E-state index is -0.475. The number of aliphatic hydroxyl groups is 1. The SMILES string of the molecule is CCCCCCCC/C=C\CCCCCCCC(=O)OCC(C[N+](C)(C)CCCO)OC(=O)CCCCCCC/C=C\CCCCCCCC.[Br-]. The van der Waals surface area contributed by atoms with E-state index >= 15 is 0 Å². The second-order valence-corrected chi connectivity index (χ2v) is 15.4. The van der Waals surface area contributed by atoms with Crippen LogP contribution in [0.3, 0.4) is 0 Å². The molecule has 0 aromatic heterocycles. The van der Waals surface area contributed by atoms with Gasteiger partial charge in [0.1, 0.15) is 13.2 Å². The molecule has 6 nitrogen and oxygen atoms in total. The van der Waals surface area contributed by atoms with E-state index < -0.39 is 6.10 Å². The van der Waals surface area contributed by atoms with Crippen molar-refractivity contribution in [1.82, 2.24) is 0 Å². The average molecular weight is 787 g/mol. The standard InChI is InChI=1S/C44H84NO5.BrH/c1-5-7-9-11-13-15-17-19-21-23-25-27-29-31-33-36-43(47)49-41-42(40-45(3,4)38-35-39-46)50-44(48)37-34-32-30-28-26-24-22-20-18-16-14-12-10-8-6-2;/h19-22,42,46H,5-18,23-41H2,1-4H3;1H/q+1;/p-1/b21-19-,22-20-;. The number of likely N-dealkylation sites (N-methyl/N-ethyl adjacent to an activating group) is 1. The van der Waals surface area contributed by atoms with Gasteiger partial charge in [0, 0.05) is 25.9 Å². The minimum Gasteiger partial charge on any atom is -1.00 e. The van der Waals surface area contributed by atoms with Gasteiger partial charge in [0.25, 0.3) is 0 Å². The van der Waals surface area contributed by atoms with E-state index in [9.17, 15) is 14.7 Å². The van der Waals surface area contributed by atoms with E-state index in [1.807, 2.05) is 0 Å². The van der Waals surface area contributed by atoms with E-state index in [2.05, 4.69) is 52.2 Å². The van der Waals surface area contributed by atoms with Crippen LogP contribution in [-0.2, 0) is 19.1 Å². The van der Waals surface area contributed by atoms with Crippen molar-refractivity contribution in [3.8, 4) is 0 Å². The monoisotopic (exact) mass is 786 g/mol. The second-order valence-electron chi connectivity index (χ2n) is 15.4. The molecule has 0 aliphatic rings. The number of quaternary nitrogens is 1. The molecule has 0 radical (unpaired) electrons. The molecule has 0 bridgehead atoms. The third-order valence-corrected chi connectivity index (χ3v) is 9.63. The summed E-state index contributed by atoms with van der Waals surface area (Å²) in [5, 5.41) is 9.31. The zero-order chi connectivity index (χ0) is 36.8. The topological polar surface area (TPSA) is 72.8 Å². The summed E-state index contributed by atoms with van der Waals surface area (Å²) >= 11 is 0. The van der Waals surface area contributed by atoms with E-state index in [0.29, 0.717) is 30.3 Å². The van der Waals surface area contributed by atoms with Crippen molar-refractivity contribution in [2.24, 2.45) is 0 Å². The number of carbonyl (C=O) groups is 2. The molecule has 0 aromatic rings. The Morgan fingerprint density at radius 1 is 0.549 bits per heavy atom. The van der Waals surface area contributed by atoms with Crippen molar-refractivity contribution in [3.63, 3.8) is 0 Å². The first-order valence-corrected chi connectivity index (χ1v) is 21.4. The molecular formula is C44H84BrNO5. The summed E-state index contributed by atoms with van der Waals surface area (Å²) in [7, 11) is 4.13. The molecule has 7 heteroatoms. The summed E-state index contributed by atoms with van der Waals surface area (Å²) in [6.45, 7) is 6.08. The molecular weight excluding hydrogens is 702 g/mol. The van der Waals surface area contributed by atoms with Gasteiger partial charge in [-0.3, -0.25) is 9.59 Å². The molecule has 1 N–H and O–H groups in total. The molecule has 0 aromatic carbocycles. The van der Waals surface area contributed by atoms with Gasteiger partial charge in [-0.1, -0.05) is 141 Å². The summed E-state index contributed by atoms with van der Waals surface area (Å²) in [5.74, 6) is -0.412. The van der Waals surface area contributed by atoms with Crippen LogP contribution in [-0.4, -0.2) is 68.0 Å². The molecule has 0 aliphatic carbocycles. The van der Waals surface area contributed by atoms with Crippen molar-refractivity contribution in [2.75, 3.05) is 40.4 Å². The lowest BCUT2D eigenvalue weighted by atomic mass is 10.1. The molecule has 51 heavy (non-hydrogen) atoms. The number of rotatable bonds is 38. The van der Waals surface area contributed by atoms with Gasteiger partial charge in [0.15, 0.2) is 6.10 Å². The zero-order valence-electron chi connectivity index (χ0n) is 34.1. The van der Waals surface area contributed by atoms with Crippen LogP contribution in [0.4, 0.5) is 0 Å². The number of hydrogen-bond donors (Lipinski definition) is 1. The fraction of sp³-hybridized carbons (Fsp3) is 0.864. The molecule has 0 saturated carbocycles. The largest absolute Gasteiger partial charge is 1.00 e. The third kappa shape index (κ3) is 39.9.